The quantitative estimate of drug-likeness (QED) is 0.744. The monoisotopic (exact) mass is 204 g/mol. The van der Waals surface area contributed by atoms with Crippen molar-refractivity contribution in [3.05, 3.63) is 35.9 Å². The summed E-state index contributed by atoms with van der Waals surface area (Å²) in [7, 11) is 0. The summed E-state index contributed by atoms with van der Waals surface area (Å²) in [6.07, 6.45) is 3.52. The fraction of sp³-hybridized carbons (Fsp3) is 0.571. The van der Waals surface area contributed by atoms with Crippen molar-refractivity contribution in [1.82, 2.24) is 0 Å². The molecule has 1 saturated carbocycles. The molecule has 1 aliphatic carbocycles. The van der Waals surface area contributed by atoms with Crippen molar-refractivity contribution < 1.29 is 5.11 Å². The van der Waals surface area contributed by atoms with E-state index in [1.165, 1.54) is 6.42 Å². The lowest BCUT2D eigenvalue weighted by molar-refractivity contribution is -0.0892. The molecule has 1 aliphatic rings. The number of hydrogen-bond donors (Lipinski definition) is 1. The average molecular weight is 204 g/mol. The Bertz CT molecular complexity index is 307. The molecule has 0 unspecified atom stereocenters. The molecular formula is C14H20O. The van der Waals surface area contributed by atoms with Crippen molar-refractivity contribution in [1.29, 1.82) is 0 Å². The fourth-order valence-electron chi connectivity index (χ4n) is 2.93. The molecule has 0 heterocycles. The highest BCUT2D eigenvalue weighted by Gasteiger charge is 2.42. The van der Waals surface area contributed by atoms with Crippen molar-refractivity contribution in [2.24, 2.45) is 11.8 Å². The standard InChI is InChI=1S/C14H20O/c1-11-7-6-8-12(2)14(11,15)13-9-4-3-5-10-13/h3-5,9-12,15H,6-8H2,1-2H3/t11-,12-/m1/s1. The van der Waals surface area contributed by atoms with Crippen molar-refractivity contribution >= 4 is 0 Å². The molecule has 0 spiro atoms. The van der Waals surface area contributed by atoms with Gasteiger partial charge in [0, 0.05) is 0 Å². The van der Waals surface area contributed by atoms with Gasteiger partial charge in [0.1, 0.15) is 0 Å². The molecule has 0 amide bonds. The van der Waals surface area contributed by atoms with E-state index in [0.29, 0.717) is 11.8 Å². The molecule has 82 valence electrons. The molecule has 1 aromatic rings. The third-order valence-electron chi connectivity index (χ3n) is 4.01. The van der Waals surface area contributed by atoms with Crippen molar-refractivity contribution in [2.75, 3.05) is 0 Å². The summed E-state index contributed by atoms with van der Waals surface area (Å²) in [5.41, 5.74) is 0.476. The molecule has 0 radical (unpaired) electrons. The second kappa shape index (κ2) is 3.97. The Labute approximate surface area is 92.1 Å². The zero-order valence-electron chi connectivity index (χ0n) is 9.61. The van der Waals surface area contributed by atoms with Crippen molar-refractivity contribution in [3.8, 4) is 0 Å². The number of rotatable bonds is 1. The van der Waals surface area contributed by atoms with Crippen LogP contribution in [0, 0.1) is 11.8 Å². The van der Waals surface area contributed by atoms with Gasteiger partial charge in [-0.1, -0.05) is 50.6 Å². The number of aliphatic hydroxyl groups is 1. The third-order valence-corrected chi connectivity index (χ3v) is 4.01. The van der Waals surface area contributed by atoms with Crippen LogP contribution in [0.25, 0.3) is 0 Å². The Hall–Kier alpha value is -0.820. The van der Waals surface area contributed by atoms with E-state index in [1.54, 1.807) is 0 Å². The van der Waals surface area contributed by atoms with Gasteiger partial charge in [-0.15, -0.1) is 0 Å². The molecule has 2 atom stereocenters. The average Bonchev–Trinajstić information content (AvgIpc) is 2.27. The summed E-state index contributed by atoms with van der Waals surface area (Å²) in [4.78, 5) is 0. The maximum absolute atomic E-state index is 10.9. The first kappa shape index (κ1) is 10.7. The summed E-state index contributed by atoms with van der Waals surface area (Å²) < 4.78 is 0. The van der Waals surface area contributed by atoms with Gasteiger partial charge in [-0.3, -0.25) is 0 Å². The Kier molecular flexibility index (Phi) is 2.83. The number of hydrogen-bond acceptors (Lipinski definition) is 1. The van der Waals surface area contributed by atoms with Crippen molar-refractivity contribution in [3.63, 3.8) is 0 Å². The molecule has 1 nitrogen and oxygen atoms in total. The van der Waals surface area contributed by atoms with Gasteiger partial charge in [-0.05, 0) is 30.2 Å². The number of benzene rings is 1. The summed E-state index contributed by atoms with van der Waals surface area (Å²) in [6, 6.07) is 10.1. The molecule has 1 N–H and O–H groups in total. The predicted molar refractivity (Wildman–Crippen MR) is 62.5 cm³/mol. The van der Waals surface area contributed by atoms with Crippen LogP contribution >= 0.6 is 0 Å². The lowest BCUT2D eigenvalue weighted by Gasteiger charge is -2.43. The van der Waals surface area contributed by atoms with E-state index >= 15 is 0 Å². The highest BCUT2D eigenvalue weighted by atomic mass is 16.3. The van der Waals surface area contributed by atoms with Gasteiger partial charge in [-0.2, -0.15) is 0 Å². The fourth-order valence-corrected chi connectivity index (χ4v) is 2.93. The second-order valence-electron chi connectivity index (χ2n) is 4.92. The van der Waals surface area contributed by atoms with Gasteiger partial charge in [0.05, 0.1) is 5.60 Å². The van der Waals surface area contributed by atoms with Crippen LogP contribution in [0.5, 0.6) is 0 Å². The van der Waals surface area contributed by atoms with Gasteiger partial charge in [0.2, 0.25) is 0 Å². The third kappa shape index (κ3) is 1.69. The van der Waals surface area contributed by atoms with Crippen LogP contribution < -0.4 is 0 Å². The minimum atomic E-state index is -0.612. The summed E-state index contributed by atoms with van der Waals surface area (Å²) in [5.74, 6) is 0.729. The summed E-state index contributed by atoms with van der Waals surface area (Å²) in [5, 5.41) is 10.9. The maximum atomic E-state index is 10.9. The maximum Gasteiger partial charge on any atom is 0.0947 e. The first-order chi connectivity index (χ1) is 7.15. The van der Waals surface area contributed by atoms with Crippen LogP contribution in [0.4, 0.5) is 0 Å². The molecule has 1 heteroatoms. The SMILES string of the molecule is C[C@@H]1CCC[C@@H](C)C1(O)c1ccccc1. The zero-order chi connectivity index (χ0) is 10.9. The van der Waals surface area contributed by atoms with Crippen molar-refractivity contribution in [2.45, 2.75) is 38.7 Å². The van der Waals surface area contributed by atoms with E-state index in [4.69, 9.17) is 0 Å². The van der Waals surface area contributed by atoms with Gasteiger partial charge in [-0.25, -0.2) is 0 Å². The first-order valence-corrected chi connectivity index (χ1v) is 5.93. The van der Waals surface area contributed by atoms with Crippen LogP contribution in [-0.4, -0.2) is 5.11 Å². The summed E-state index contributed by atoms with van der Waals surface area (Å²) >= 11 is 0. The second-order valence-corrected chi connectivity index (χ2v) is 4.92. The molecule has 1 aromatic carbocycles. The van der Waals surface area contributed by atoms with E-state index in [9.17, 15) is 5.11 Å². The molecular weight excluding hydrogens is 184 g/mol. The van der Waals surface area contributed by atoms with Crippen LogP contribution in [-0.2, 0) is 5.60 Å². The van der Waals surface area contributed by atoms with Crippen LogP contribution in [0.1, 0.15) is 38.7 Å². The lowest BCUT2D eigenvalue weighted by atomic mass is 9.66. The summed E-state index contributed by atoms with van der Waals surface area (Å²) in [6.45, 7) is 4.34. The van der Waals surface area contributed by atoms with Crippen LogP contribution in [0.3, 0.4) is 0 Å². The molecule has 0 aliphatic heterocycles. The normalized spacial score (nSPS) is 30.1. The van der Waals surface area contributed by atoms with E-state index in [1.807, 2.05) is 18.2 Å². The Morgan fingerprint density at radius 2 is 1.60 bits per heavy atom. The lowest BCUT2D eigenvalue weighted by Crippen LogP contribution is -2.42. The van der Waals surface area contributed by atoms with E-state index < -0.39 is 5.60 Å². The Balaban J connectivity index is 2.38. The predicted octanol–water partition coefficient (Wildman–Crippen LogP) is 3.33. The first-order valence-electron chi connectivity index (χ1n) is 5.93. The Morgan fingerprint density at radius 3 is 2.13 bits per heavy atom. The topological polar surface area (TPSA) is 20.2 Å². The highest BCUT2D eigenvalue weighted by Crippen LogP contribution is 2.45. The van der Waals surface area contributed by atoms with Gasteiger partial charge in [0.25, 0.3) is 0 Å². The Morgan fingerprint density at radius 1 is 1.07 bits per heavy atom. The van der Waals surface area contributed by atoms with Gasteiger partial charge < -0.3 is 5.11 Å². The van der Waals surface area contributed by atoms with Crippen LogP contribution in [0.2, 0.25) is 0 Å². The highest BCUT2D eigenvalue weighted by molar-refractivity contribution is 5.24. The minimum Gasteiger partial charge on any atom is -0.385 e. The van der Waals surface area contributed by atoms with E-state index in [0.717, 1.165) is 18.4 Å². The largest absolute Gasteiger partial charge is 0.385 e. The zero-order valence-corrected chi connectivity index (χ0v) is 9.61. The molecule has 0 saturated heterocycles. The molecule has 0 bridgehead atoms. The van der Waals surface area contributed by atoms with Gasteiger partial charge >= 0.3 is 0 Å². The molecule has 15 heavy (non-hydrogen) atoms. The molecule has 0 aromatic heterocycles. The van der Waals surface area contributed by atoms with E-state index in [-0.39, 0.29) is 0 Å². The smallest absolute Gasteiger partial charge is 0.0947 e. The van der Waals surface area contributed by atoms with E-state index in [2.05, 4.69) is 26.0 Å². The van der Waals surface area contributed by atoms with Crippen LogP contribution in [0.15, 0.2) is 30.3 Å². The molecule has 1 fully saturated rings. The van der Waals surface area contributed by atoms with Gasteiger partial charge in [0.15, 0.2) is 0 Å². The molecule has 2 rings (SSSR count). The minimum absolute atomic E-state index is 0.364.